The number of carboxylic acids is 1. The van der Waals surface area contributed by atoms with Crippen LogP contribution in [0.1, 0.15) is 43.0 Å². The summed E-state index contributed by atoms with van der Waals surface area (Å²) in [5.41, 5.74) is 1.10. The zero-order chi connectivity index (χ0) is 17.3. The number of anilines is 1. The maximum atomic E-state index is 12.6. The molecule has 2 unspecified atom stereocenters. The Morgan fingerprint density at radius 1 is 1.12 bits per heavy atom. The van der Waals surface area contributed by atoms with Crippen LogP contribution in [0, 0.1) is 11.8 Å². The van der Waals surface area contributed by atoms with Gasteiger partial charge in [0.1, 0.15) is 6.04 Å². The number of piperidine rings is 1. The summed E-state index contributed by atoms with van der Waals surface area (Å²) in [6, 6.07) is 5.89. The molecule has 2 fully saturated rings. The van der Waals surface area contributed by atoms with Crippen molar-refractivity contribution in [3.8, 4) is 0 Å². The lowest BCUT2D eigenvalue weighted by molar-refractivity contribution is -0.144. The topological polar surface area (TPSA) is 86.7 Å². The number of benzene rings is 1. The Morgan fingerprint density at radius 2 is 1.79 bits per heavy atom. The highest BCUT2D eigenvalue weighted by molar-refractivity contribution is 5.98. The molecule has 128 valence electrons. The Labute approximate surface area is 140 Å². The normalized spacial score (nSPS) is 23.6. The van der Waals surface area contributed by atoms with Crippen molar-refractivity contribution in [2.24, 2.45) is 11.8 Å². The fourth-order valence-electron chi connectivity index (χ4n) is 3.07. The van der Waals surface area contributed by atoms with Gasteiger partial charge in [-0.3, -0.25) is 9.59 Å². The number of rotatable bonds is 4. The first kappa shape index (κ1) is 16.5. The Kier molecular flexibility index (Phi) is 4.55. The summed E-state index contributed by atoms with van der Waals surface area (Å²) in [6.45, 7) is 2.46. The van der Waals surface area contributed by atoms with Crippen molar-refractivity contribution in [2.75, 3.05) is 11.9 Å². The van der Waals surface area contributed by atoms with Crippen LogP contribution < -0.4 is 5.32 Å². The second-order valence-corrected chi connectivity index (χ2v) is 6.82. The molecular weight excluding hydrogens is 308 g/mol. The summed E-state index contributed by atoms with van der Waals surface area (Å²) in [5, 5.41) is 12.2. The van der Waals surface area contributed by atoms with E-state index in [1.807, 2.05) is 6.92 Å². The highest BCUT2D eigenvalue weighted by atomic mass is 16.4. The number of hydrogen-bond acceptors (Lipinski definition) is 3. The molecule has 1 aliphatic heterocycles. The van der Waals surface area contributed by atoms with Crippen molar-refractivity contribution in [3.05, 3.63) is 29.8 Å². The van der Waals surface area contributed by atoms with Crippen LogP contribution in [-0.4, -0.2) is 40.4 Å². The number of carbonyl (C=O) groups excluding carboxylic acids is 2. The second-order valence-electron chi connectivity index (χ2n) is 6.82. The van der Waals surface area contributed by atoms with E-state index in [2.05, 4.69) is 5.32 Å². The number of hydrogen-bond donors (Lipinski definition) is 2. The van der Waals surface area contributed by atoms with Crippen molar-refractivity contribution < 1.29 is 19.5 Å². The molecular formula is C18H22N2O4. The molecule has 2 aliphatic rings. The molecule has 0 radical (unpaired) electrons. The zero-order valence-electron chi connectivity index (χ0n) is 13.7. The molecule has 6 nitrogen and oxygen atoms in total. The Bertz CT molecular complexity index is 651. The van der Waals surface area contributed by atoms with Gasteiger partial charge in [0.25, 0.3) is 5.91 Å². The summed E-state index contributed by atoms with van der Waals surface area (Å²) >= 11 is 0. The second kappa shape index (κ2) is 6.63. The Morgan fingerprint density at radius 3 is 2.38 bits per heavy atom. The maximum Gasteiger partial charge on any atom is 0.326 e. The summed E-state index contributed by atoms with van der Waals surface area (Å²) in [5.74, 6) is -0.782. The molecule has 0 bridgehead atoms. The minimum absolute atomic E-state index is 0.0186. The molecule has 2 atom stereocenters. The third-order valence-corrected chi connectivity index (χ3v) is 4.76. The van der Waals surface area contributed by atoms with Gasteiger partial charge in [-0.05, 0) is 55.9 Å². The van der Waals surface area contributed by atoms with Crippen LogP contribution in [0.3, 0.4) is 0 Å². The van der Waals surface area contributed by atoms with Gasteiger partial charge < -0.3 is 15.3 Å². The quantitative estimate of drug-likeness (QED) is 0.887. The van der Waals surface area contributed by atoms with Crippen molar-refractivity contribution in [1.29, 1.82) is 0 Å². The first-order valence-corrected chi connectivity index (χ1v) is 8.40. The first-order valence-electron chi connectivity index (χ1n) is 8.40. The summed E-state index contributed by atoms with van der Waals surface area (Å²) < 4.78 is 0. The summed E-state index contributed by atoms with van der Waals surface area (Å²) in [4.78, 5) is 37.3. The molecule has 1 saturated heterocycles. The van der Waals surface area contributed by atoms with Crippen molar-refractivity contribution in [3.63, 3.8) is 0 Å². The van der Waals surface area contributed by atoms with E-state index in [0.29, 0.717) is 30.1 Å². The standard InChI is InChI=1S/C18H22N2O4/c1-11-8-9-20(15(10-11)18(23)24)17(22)13-4-6-14(7-5-13)19-16(21)12-2-3-12/h4-7,11-12,15H,2-3,8-10H2,1H3,(H,19,21)(H,23,24). The lowest BCUT2D eigenvalue weighted by Crippen LogP contribution is -2.49. The molecule has 2 N–H and O–H groups in total. The third kappa shape index (κ3) is 3.58. The molecule has 3 rings (SSSR count). The molecule has 24 heavy (non-hydrogen) atoms. The minimum atomic E-state index is -0.955. The Balaban J connectivity index is 1.69. The minimum Gasteiger partial charge on any atom is -0.480 e. The largest absolute Gasteiger partial charge is 0.480 e. The molecule has 1 saturated carbocycles. The smallest absolute Gasteiger partial charge is 0.326 e. The average Bonchev–Trinajstić information content (AvgIpc) is 3.40. The van der Waals surface area contributed by atoms with Gasteiger partial charge in [0.05, 0.1) is 0 Å². The number of carboxylic acid groups (broad SMARTS) is 1. The monoisotopic (exact) mass is 330 g/mol. The van der Waals surface area contributed by atoms with Crippen molar-refractivity contribution >= 4 is 23.5 Å². The van der Waals surface area contributed by atoms with Crippen LogP contribution in [0.5, 0.6) is 0 Å². The van der Waals surface area contributed by atoms with Gasteiger partial charge in [0.2, 0.25) is 5.91 Å². The van der Waals surface area contributed by atoms with Gasteiger partial charge in [-0.1, -0.05) is 6.92 Å². The predicted octanol–water partition coefficient (Wildman–Crippen LogP) is 2.36. The highest BCUT2D eigenvalue weighted by Crippen LogP contribution is 2.30. The van der Waals surface area contributed by atoms with Gasteiger partial charge in [0, 0.05) is 23.7 Å². The van der Waals surface area contributed by atoms with Crippen LogP contribution in [0.15, 0.2) is 24.3 Å². The number of carbonyl (C=O) groups is 3. The van der Waals surface area contributed by atoms with E-state index in [4.69, 9.17) is 0 Å². The van der Waals surface area contributed by atoms with Crippen LogP contribution in [-0.2, 0) is 9.59 Å². The Hall–Kier alpha value is -2.37. The molecule has 1 heterocycles. The lowest BCUT2D eigenvalue weighted by atomic mass is 9.92. The molecule has 2 amide bonds. The van der Waals surface area contributed by atoms with Crippen molar-refractivity contribution in [1.82, 2.24) is 4.90 Å². The first-order chi connectivity index (χ1) is 11.5. The van der Waals surface area contributed by atoms with E-state index in [1.165, 1.54) is 4.90 Å². The molecule has 0 aromatic heterocycles. The highest BCUT2D eigenvalue weighted by Gasteiger charge is 2.35. The van der Waals surface area contributed by atoms with Gasteiger partial charge in [-0.25, -0.2) is 4.79 Å². The summed E-state index contributed by atoms with van der Waals surface area (Å²) in [6.07, 6.45) is 3.17. The van der Waals surface area contributed by atoms with Gasteiger partial charge in [-0.15, -0.1) is 0 Å². The van der Waals surface area contributed by atoms with E-state index in [9.17, 15) is 19.5 Å². The molecule has 1 aromatic carbocycles. The number of nitrogens with one attached hydrogen (secondary N) is 1. The SMILES string of the molecule is CC1CCN(C(=O)c2ccc(NC(=O)C3CC3)cc2)C(C(=O)O)C1. The lowest BCUT2D eigenvalue weighted by Gasteiger charge is -2.36. The molecule has 1 aliphatic carbocycles. The van der Waals surface area contributed by atoms with Crippen LogP contribution >= 0.6 is 0 Å². The number of nitrogens with zero attached hydrogens (tertiary/aromatic N) is 1. The van der Waals surface area contributed by atoms with E-state index >= 15 is 0 Å². The van der Waals surface area contributed by atoms with E-state index in [-0.39, 0.29) is 17.7 Å². The zero-order valence-corrected chi connectivity index (χ0v) is 13.7. The van der Waals surface area contributed by atoms with E-state index in [0.717, 1.165) is 19.3 Å². The average molecular weight is 330 g/mol. The van der Waals surface area contributed by atoms with E-state index in [1.54, 1.807) is 24.3 Å². The number of amides is 2. The van der Waals surface area contributed by atoms with Crippen molar-refractivity contribution in [2.45, 2.75) is 38.6 Å². The van der Waals surface area contributed by atoms with Gasteiger partial charge >= 0.3 is 5.97 Å². The third-order valence-electron chi connectivity index (χ3n) is 4.76. The predicted molar refractivity (Wildman–Crippen MR) is 88.7 cm³/mol. The van der Waals surface area contributed by atoms with Gasteiger partial charge in [-0.2, -0.15) is 0 Å². The summed E-state index contributed by atoms with van der Waals surface area (Å²) in [7, 11) is 0. The van der Waals surface area contributed by atoms with E-state index < -0.39 is 12.0 Å². The number of likely N-dealkylation sites (tertiary alicyclic amines) is 1. The maximum absolute atomic E-state index is 12.6. The van der Waals surface area contributed by atoms with Crippen LogP contribution in [0.2, 0.25) is 0 Å². The molecule has 6 heteroatoms. The fraction of sp³-hybridized carbons (Fsp3) is 0.500. The van der Waals surface area contributed by atoms with Gasteiger partial charge in [0.15, 0.2) is 0 Å². The van der Waals surface area contributed by atoms with Crippen LogP contribution in [0.25, 0.3) is 0 Å². The number of aliphatic carboxylic acids is 1. The fourth-order valence-corrected chi connectivity index (χ4v) is 3.07. The molecule has 0 spiro atoms. The molecule has 1 aromatic rings. The van der Waals surface area contributed by atoms with Crippen LogP contribution in [0.4, 0.5) is 5.69 Å².